The lowest BCUT2D eigenvalue weighted by molar-refractivity contribution is -0.119. The zero-order chi connectivity index (χ0) is 14.8. The Morgan fingerprint density at radius 3 is 2.71 bits per heavy atom. The van der Waals surface area contributed by atoms with Crippen molar-refractivity contribution in [2.45, 2.75) is 38.3 Å². The number of hydrogen-bond donors (Lipinski definition) is 2. The van der Waals surface area contributed by atoms with E-state index in [9.17, 15) is 4.79 Å². The summed E-state index contributed by atoms with van der Waals surface area (Å²) in [7, 11) is 0. The van der Waals surface area contributed by atoms with Crippen LogP contribution in [0.25, 0.3) is 0 Å². The zero-order valence-corrected chi connectivity index (χ0v) is 12.1. The molecule has 1 aliphatic rings. The summed E-state index contributed by atoms with van der Waals surface area (Å²) in [4.78, 5) is 12.3. The van der Waals surface area contributed by atoms with Gasteiger partial charge in [-0.1, -0.05) is 12.1 Å². The van der Waals surface area contributed by atoms with E-state index in [1.165, 1.54) is 12.8 Å². The normalized spacial score (nSPS) is 15.7. The van der Waals surface area contributed by atoms with Gasteiger partial charge in [-0.2, -0.15) is 5.10 Å². The molecule has 1 aromatic carbocycles. The molecule has 0 saturated heterocycles. The van der Waals surface area contributed by atoms with E-state index in [0.29, 0.717) is 12.5 Å². The fourth-order valence-electron chi connectivity index (χ4n) is 2.26. The lowest BCUT2D eigenvalue weighted by Crippen LogP contribution is -2.24. The molecule has 1 aliphatic carbocycles. The second-order valence-electron chi connectivity index (χ2n) is 5.56. The molecule has 1 heterocycles. The van der Waals surface area contributed by atoms with E-state index in [4.69, 9.17) is 5.73 Å². The Morgan fingerprint density at radius 2 is 2.10 bits per heavy atom. The van der Waals surface area contributed by atoms with Crippen LogP contribution in [-0.4, -0.2) is 15.7 Å². The summed E-state index contributed by atoms with van der Waals surface area (Å²) in [6, 6.07) is 9.25. The number of rotatable bonds is 5. The van der Waals surface area contributed by atoms with Crippen LogP contribution in [0, 0.1) is 0 Å². The maximum absolute atomic E-state index is 12.3. The van der Waals surface area contributed by atoms with Crippen LogP contribution in [0.5, 0.6) is 0 Å². The van der Waals surface area contributed by atoms with Crippen molar-refractivity contribution in [1.82, 2.24) is 9.78 Å². The predicted octanol–water partition coefficient (Wildman–Crippen LogP) is 2.42. The molecule has 0 aliphatic heterocycles. The topological polar surface area (TPSA) is 72.9 Å². The minimum atomic E-state index is -0.327. The summed E-state index contributed by atoms with van der Waals surface area (Å²) in [6.45, 7) is 2.36. The van der Waals surface area contributed by atoms with Crippen LogP contribution in [0.15, 0.2) is 36.5 Å². The molecule has 21 heavy (non-hydrogen) atoms. The first-order valence-corrected chi connectivity index (χ1v) is 7.32. The van der Waals surface area contributed by atoms with Gasteiger partial charge in [0.25, 0.3) is 0 Å². The fraction of sp³-hybridized carbons (Fsp3) is 0.375. The molecule has 0 bridgehead atoms. The highest BCUT2D eigenvalue weighted by Crippen LogP contribution is 2.39. The van der Waals surface area contributed by atoms with Gasteiger partial charge < -0.3 is 11.1 Å². The first-order valence-electron chi connectivity index (χ1n) is 7.32. The van der Waals surface area contributed by atoms with Gasteiger partial charge in [0.15, 0.2) is 0 Å². The number of nitrogens with two attached hydrogens (primary N) is 1. The van der Waals surface area contributed by atoms with Crippen LogP contribution >= 0.6 is 0 Å². The van der Waals surface area contributed by atoms with Crippen LogP contribution in [0.4, 0.5) is 5.69 Å². The molecule has 5 heteroatoms. The summed E-state index contributed by atoms with van der Waals surface area (Å²) in [6.07, 6.45) is 4.31. The first-order chi connectivity index (χ1) is 10.2. The fourth-order valence-corrected chi connectivity index (χ4v) is 2.26. The van der Waals surface area contributed by atoms with E-state index >= 15 is 0 Å². The van der Waals surface area contributed by atoms with Crippen LogP contribution in [0.2, 0.25) is 0 Å². The minimum Gasteiger partial charge on any atom is -0.326 e. The standard InChI is InChI=1S/C16H20N4O/c1-11(20-9-8-15(19-20)13-4-5-13)16(21)18-14-6-2-12(10-17)3-7-14/h2-3,6-9,11,13H,4-5,10,17H2,1H3,(H,18,21). The average Bonchev–Trinajstić information content (AvgIpc) is 3.25. The summed E-state index contributed by atoms with van der Waals surface area (Å²) < 4.78 is 1.73. The summed E-state index contributed by atoms with van der Waals surface area (Å²) in [5.41, 5.74) is 8.48. The van der Waals surface area contributed by atoms with Crippen molar-refractivity contribution in [2.24, 2.45) is 5.73 Å². The van der Waals surface area contributed by atoms with Crippen molar-refractivity contribution in [2.75, 3.05) is 5.32 Å². The lowest BCUT2D eigenvalue weighted by atomic mass is 10.2. The highest BCUT2D eigenvalue weighted by Gasteiger charge is 2.27. The molecule has 1 aromatic heterocycles. The molecule has 0 radical (unpaired) electrons. The first kappa shape index (κ1) is 13.8. The monoisotopic (exact) mass is 284 g/mol. The molecule has 1 atom stereocenters. The van der Waals surface area contributed by atoms with Gasteiger partial charge in [-0.05, 0) is 43.5 Å². The molecular formula is C16H20N4O. The molecule has 5 nitrogen and oxygen atoms in total. The van der Waals surface area contributed by atoms with Gasteiger partial charge in [-0.25, -0.2) is 0 Å². The Morgan fingerprint density at radius 1 is 1.38 bits per heavy atom. The van der Waals surface area contributed by atoms with Crippen molar-refractivity contribution in [3.8, 4) is 0 Å². The maximum Gasteiger partial charge on any atom is 0.248 e. The predicted molar refractivity (Wildman–Crippen MR) is 81.9 cm³/mol. The van der Waals surface area contributed by atoms with E-state index in [-0.39, 0.29) is 11.9 Å². The maximum atomic E-state index is 12.3. The number of amides is 1. The molecule has 1 fully saturated rings. The van der Waals surface area contributed by atoms with Crippen molar-refractivity contribution in [3.05, 3.63) is 47.8 Å². The Balaban J connectivity index is 1.65. The lowest BCUT2D eigenvalue weighted by Gasteiger charge is -2.13. The van der Waals surface area contributed by atoms with Crippen molar-refractivity contribution < 1.29 is 4.79 Å². The minimum absolute atomic E-state index is 0.0686. The molecule has 1 unspecified atom stereocenters. The van der Waals surface area contributed by atoms with Gasteiger partial charge in [0.2, 0.25) is 5.91 Å². The largest absolute Gasteiger partial charge is 0.326 e. The highest BCUT2D eigenvalue weighted by atomic mass is 16.2. The van der Waals surface area contributed by atoms with Gasteiger partial charge >= 0.3 is 0 Å². The average molecular weight is 284 g/mol. The van der Waals surface area contributed by atoms with E-state index in [0.717, 1.165) is 16.9 Å². The number of aromatic nitrogens is 2. The van der Waals surface area contributed by atoms with Gasteiger partial charge in [0.1, 0.15) is 6.04 Å². The molecular weight excluding hydrogens is 264 g/mol. The van der Waals surface area contributed by atoms with E-state index in [1.54, 1.807) is 4.68 Å². The summed E-state index contributed by atoms with van der Waals surface area (Å²) in [5, 5.41) is 7.41. The van der Waals surface area contributed by atoms with E-state index in [1.807, 2.05) is 43.5 Å². The SMILES string of the molecule is CC(C(=O)Nc1ccc(CN)cc1)n1ccc(C2CC2)n1. The van der Waals surface area contributed by atoms with E-state index in [2.05, 4.69) is 10.4 Å². The molecule has 2 aromatic rings. The van der Waals surface area contributed by atoms with Crippen molar-refractivity contribution >= 4 is 11.6 Å². The third-order valence-corrected chi connectivity index (χ3v) is 3.86. The molecule has 1 amide bonds. The quantitative estimate of drug-likeness (QED) is 0.885. The van der Waals surface area contributed by atoms with Crippen LogP contribution < -0.4 is 11.1 Å². The second-order valence-corrected chi connectivity index (χ2v) is 5.56. The number of benzene rings is 1. The molecule has 0 spiro atoms. The Bertz CT molecular complexity index is 628. The molecule has 110 valence electrons. The van der Waals surface area contributed by atoms with Crippen LogP contribution in [0.3, 0.4) is 0 Å². The number of carbonyl (C=O) groups excluding carboxylic acids is 1. The number of anilines is 1. The Labute approximate surface area is 124 Å². The number of nitrogens with one attached hydrogen (secondary N) is 1. The van der Waals surface area contributed by atoms with E-state index < -0.39 is 0 Å². The number of carbonyl (C=O) groups is 1. The van der Waals surface area contributed by atoms with Crippen LogP contribution in [0.1, 0.15) is 43.0 Å². The van der Waals surface area contributed by atoms with Gasteiger partial charge in [0.05, 0.1) is 5.69 Å². The van der Waals surface area contributed by atoms with Gasteiger partial charge in [-0.3, -0.25) is 9.48 Å². The number of nitrogens with zero attached hydrogens (tertiary/aromatic N) is 2. The third kappa shape index (κ3) is 3.13. The van der Waals surface area contributed by atoms with Gasteiger partial charge in [-0.15, -0.1) is 0 Å². The Hall–Kier alpha value is -2.14. The molecule has 3 N–H and O–H groups in total. The van der Waals surface area contributed by atoms with Gasteiger partial charge in [0, 0.05) is 24.3 Å². The Kier molecular flexibility index (Phi) is 3.75. The second kappa shape index (κ2) is 5.69. The van der Waals surface area contributed by atoms with Crippen molar-refractivity contribution in [1.29, 1.82) is 0 Å². The third-order valence-electron chi connectivity index (χ3n) is 3.86. The molecule has 3 rings (SSSR count). The zero-order valence-electron chi connectivity index (χ0n) is 12.1. The molecule has 1 saturated carbocycles. The van der Waals surface area contributed by atoms with Crippen molar-refractivity contribution in [3.63, 3.8) is 0 Å². The summed E-state index contributed by atoms with van der Waals surface area (Å²) >= 11 is 0. The van der Waals surface area contributed by atoms with Crippen LogP contribution in [-0.2, 0) is 11.3 Å². The smallest absolute Gasteiger partial charge is 0.248 e. The highest BCUT2D eigenvalue weighted by molar-refractivity contribution is 5.93. The summed E-state index contributed by atoms with van der Waals surface area (Å²) in [5.74, 6) is 0.534. The number of hydrogen-bond acceptors (Lipinski definition) is 3.